The third-order valence-corrected chi connectivity index (χ3v) is 5.24. The number of fused-ring (bicyclic) bond motifs is 1. The molecule has 0 radical (unpaired) electrons. The lowest BCUT2D eigenvalue weighted by atomic mass is 10.1. The molecule has 0 saturated carbocycles. The van der Waals surface area contributed by atoms with Gasteiger partial charge in [0.25, 0.3) is 5.56 Å². The molecule has 0 saturated heterocycles. The summed E-state index contributed by atoms with van der Waals surface area (Å²) in [6.45, 7) is 0. The van der Waals surface area contributed by atoms with E-state index in [0.29, 0.717) is 26.7 Å². The van der Waals surface area contributed by atoms with Gasteiger partial charge in [0.15, 0.2) is 0 Å². The van der Waals surface area contributed by atoms with E-state index in [2.05, 4.69) is 10.1 Å². The highest BCUT2D eigenvalue weighted by Gasteiger charge is 2.14. The lowest BCUT2D eigenvalue weighted by Crippen LogP contribution is -2.13. The normalized spacial score (nSPS) is 11.0. The molecule has 0 aliphatic rings. The Balaban J connectivity index is 1.84. The number of hydrogen-bond acceptors (Lipinski definition) is 4. The Morgan fingerprint density at radius 1 is 0.962 bits per heavy atom. The number of hydrogen-bond donors (Lipinski definition) is 0. The van der Waals surface area contributed by atoms with Crippen LogP contribution in [0.25, 0.3) is 16.6 Å². The van der Waals surface area contributed by atoms with Gasteiger partial charge in [-0.1, -0.05) is 59.2 Å². The Morgan fingerprint density at radius 2 is 1.77 bits per heavy atom. The quantitative estimate of drug-likeness (QED) is 0.474. The fraction of sp³-hybridized carbons (Fsp3) is 0. The van der Waals surface area contributed by atoms with Gasteiger partial charge < -0.3 is 0 Å². The average molecular weight is 400 g/mol. The van der Waals surface area contributed by atoms with E-state index in [9.17, 15) is 4.79 Å². The molecule has 2 aromatic heterocycles. The molecule has 4 nitrogen and oxygen atoms in total. The van der Waals surface area contributed by atoms with Crippen LogP contribution in [-0.4, -0.2) is 14.6 Å². The second-order valence-corrected chi connectivity index (χ2v) is 7.40. The van der Waals surface area contributed by atoms with Crippen LogP contribution in [0.15, 0.2) is 81.7 Å². The van der Waals surface area contributed by atoms with Crippen molar-refractivity contribution in [1.82, 2.24) is 14.6 Å². The van der Waals surface area contributed by atoms with Gasteiger partial charge in [-0.25, -0.2) is 4.52 Å². The van der Waals surface area contributed by atoms with Crippen molar-refractivity contribution in [2.24, 2.45) is 0 Å². The summed E-state index contributed by atoms with van der Waals surface area (Å²) in [5.41, 5.74) is 1.25. The Kier molecular flexibility index (Phi) is 4.68. The molecular formula is C19H11Cl2N3OS. The van der Waals surface area contributed by atoms with E-state index in [1.54, 1.807) is 22.7 Å². The first-order valence-electron chi connectivity index (χ1n) is 7.69. The van der Waals surface area contributed by atoms with Crippen molar-refractivity contribution in [2.45, 2.75) is 9.92 Å². The van der Waals surface area contributed by atoms with Crippen LogP contribution in [0.4, 0.5) is 0 Å². The van der Waals surface area contributed by atoms with Gasteiger partial charge in [0.1, 0.15) is 11.4 Å². The smallest absolute Gasteiger partial charge is 0.267 e. The van der Waals surface area contributed by atoms with Gasteiger partial charge in [-0.2, -0.15) is 10.1 Å². The molecule has 0 N–H and O–H groups in total. The van der Waals surface area contributed by atoms with Gasteiger partial charge in [0, 0.05) is 15.5 Å². The monoisotopic (exact) mass is 399 g/mol. The van der Waals surface area contributed by atoms with Crippen molar-refractivity contribution < 1.29 is 0 Å². The Morgan fingerprint density at radius 3 is 2.54 bits per heavy atom. The molecule has 7 heteroatoms. The van der Waals surface area contributed by atoms with Crippen molar-refractivity contribution >= 4 is 40.5 Å². The zero-order valence-corrected chi connectivity index (χ0v) is 15.6. The van der Waals surface area contributed by atoms with E-state index in [0.717, 1.165) is 9.92 Å². The molecule has 4 aromatic rings. The minimum atomic E-state index is -0.362. The zero-order chi connectivity index (χ0) is 18.1. The summed E-state index contributed by atoms with van der Waals surface area (Å²) in [5, 5.41) is 6.25. The molecular weight excluding hydrogens is 389 g/mol. The SMILES string of the molecule is O=c1ncn2nc(Sc3ccccc3)ccc2c1-c1ccc(Cl)cc1Cl. The minimum absolute atomic E-state index is 0.362. The molecule has 26 heavy (non-hydrogen) atoms. The summed E-state index contributed by atoms with van der Waals surface area (Å²) >= 11 is 13.8. The molecule has 128 valence electrons. The molecule has 0 atom stereocenters. The van der Waals surface area contributed by atoms with Crippen molar-refractivity contribution in [2.75, 3.05) is 0 Å². The fourth-order valence-corrected chi connectivity index (χ4v) is 3.90. The lowest BCUT2D eigenvalue weighted by Gasteiger charge is -2.09. The standard InChI is InChI=1S/C19H11Cl2N3OS/c20-12-6-7-14(15(21)10-12)18-16-8-9-17(23-24(16)11-22-19(18)25)26-13-4-2-1-3-5-13/h1-11H. The highest BCUT2D eigenvalue weighted by Crippen LogP contribution is 2.31. The molecule has 0 aliphatic carbocycles. The first-order valence-corrected chi connectivity index (χ1v) is 9.26. The van der Waals surface area contributed by atoms with E-state index in [-0.39, 0.29) is 5.56 Å². The van der Waals surface area contributed by atoms with Gasteiger partial charge in [-0.3, -0.25) is 4.79 Å². The maximum Gasteiger partial charge on any atom is 0.281 e. The maximum absolute atomic E-state index is 12.4. The topological polar surface area (TPSA) is 47.3 Å². The number of rotatable bonds is 3. The van der Waals surface area contributed by atoms with Crippen molar-refractivity contribution in [1.29, 1.82) is 0 Å². The fourth-order valence-electron chi connectivity index (χ4n) is 2.60. The molecule has 0 bridgehead atoms. The number of benzene rings is 2. The zero-order valence-electron chi connectivity index (χ0n) is 13.3. The van der Waals surface area contributed by atoms with Gasteiger partial charge >= 0.3 is 0 Å². The highest BCUT2D eigenvalue weighted by molar-refractivity contribution is 7.99. The van der Waals surface area contributed by atoms with Crippen molar-refractivity contribution in [3.05, 3.63) is 87.4 Å². The first-order chi connectivity index (χ1) is 12.6. The predicted molar refractivity (Wildman–Crippen MR) is 105 cm³/mol. The van der Waals surface area contributed by atoms with Gasteiger partial charge in [-0.05, 0) is 36.4 Å². The molecule has 4 rings (SSSR count). The Labute approximate surface area is 163 Å². The lowest BCUT2D eigenvalue weighted by molar-refractivity contribution is 0.824. The van der Waals surface area contributed by atoms with Crippen LogP contribution in [0.2, 0.25) is 10.0 Å². The average Bonchev–Trinajstić information content (AvgIpc) is 2.64. The maximum atomic E-state index is 12.4. The summed E-state index contributed by atoms with van der Waals surface area (Å²) in [6.07, 6.45) is 1.42. The van der Waals surface area contributed by atoms with Crippen LogP contribution in [0.1, 0.15) is 0 Å². The summed E-state index contributed by atoms with van der Waals surface area (Å²) < 4.78 is 1.59. The minimum Gasteiger partial charge on any atom is -0.267 e. The van der Waals surface area contributed by atoms with E-state index < -0.39 is 0 Å². The van der Waals surface area contributed by atoms with Crippen LogP contribution >= 0.6 is 35.0 Å². The van der Waals surface area contributed by atoms with Crippen molar-refractivity contribution in [3.63, 3.8) is 0 Å². The van der Waals surface area contributed by atoms with Gasteiger partial charge in [-0.15, -0.1) is 0 Å². The van der Waals surface area contributed by atoms with E-state index in [4.69, 9.17) is 23.2 Å². The molecule has 2 aromatic carbocycles. The van der Waals surface area contributed by atoms with Crippen molar-refractivity contribution in [3.8, 4) is 11.1 Å². The second-order valence-electron chi connectivity index (χ2n) is 5.47. The third-order valence-electron chi connectivity index (χ3n) is 3.76. The predicted octanol–water partition coefficient (Wildman–Crippen LogP) is 5.21. The largest absolute Gasteiger partial charge is 0.281 e. The Hall–Kier alpha value is -2.34. The van der Waals surface area contributed by atoms with Gasteiger partial charge in [0.2, 0.25) is 0 Å². The molecule has 0 fully saturated rings. The Bertz CT molecular complexity index is 1160. The molecule has 0 spiro atoms. The van der Waals surface area contributed by atoms with Crippen LogP contribution < -0.4 is 5.56 Å². The number of nitrogens with zero attached hydrogens (tertiary/aromatic N) is 3. The van der Waals surface area contributed by atoms with E-state index in [1.165, 1.54) is 18.1 Å². The van der Waals surface area contributed by atoms with Crippen LogP contribution in [-0.2, 0) is 0 Å². The summed E-state index contributed by atoms with van der Waals surface area (Å²) in [5.74, 6) is 0. The molecule has 2 heterocycles. The van der Waals surface area contributed by atoms with Gasteiger partial charge in [0.05, 0.1) is 16.1 Å². The molecule has 0 aliphatic heterocycles. The van der Waals surface area contributed by atoms with Crippen LogP contribution in [0.3, 0.4) is 0 Å². The second kappa shape index (κ2) is 7.11. The summed E-state index contributed by atoms with van der Waals surface area (Å²) in [4.78, 5) is 17.4. The van der Waals surface area contributed by atoms with Crippen LogP contribution in [0.5, 0.6) is 0 Å². The number of aromatic nitrogens is 3. The van der Waals surface area contributed by atoms with E-state index >= 15 is 0 Å². The van der Waals surface area contributed by atoms with E-state index in [1.807, 2.05) is 42.5 Å². The summed E-state index contributed by atoms with van der Waals surface area (Å²) in [6, 6.07) is 18.7. The first kappa shape index (κ1) is 17.1. The number of halogens is 2. The molecule has 0 amide bonds. The third kappa shape index (κ3) is 3.33. The highest BCUT2D eigenvalue weighted by atomic mass is 35.5. The summed E-state index contributed by atoms with van der Waals surface area (Å²) in [7, 11) is 0. The molecule has 0 unspecified atom stereocenters. The van der Waals surface area contributed by atoms with Crippen LogP contribution in [0, 0.1) is 0 Å².